The molecule has 1 heterocycles. The molecule has 33 heavy (non-hydrogen) atoms. The Morgan fingerprint density at radius 3 is 2.33 bits per heavy atom. The number of ether oxygens (including phenoxy) is 1. The normalized spacial score (nSPS) is 10.7. The SMILES string of the molecule is CCOC(=O)c1sc(-c2ccccc2)cc1NC(=O)CN(C)CC(=O)Nc1cccc(F)c1. The Labute approximate surface area is 195 Å². The number of benzene rings is 2. The first-order valence-corrected chi connectivity index (χ1v) is 11.1. The molecule has 1 aromatic heterocycles. The van der Waals surface area contributed by atoms with Crippen molar-refractivity contribution in [3.63, 3.8) is 0 Å². The summed E-state index contributed by atoms with van der Waals surface area (Å²) in [4.78, 5) is 39.8. The van der Waals surface area contributed by atoms with Gasteiger partial charge in [0.25, 0.3) is 0 Å². The second-order valence-electron chi connectivity index (χ2n) is 7.22. The van der Waals surface area contributed by atoms with Gasteiger partial charge in [0.2, 0.25) is 11.8 Å². The predicted molar refractivity (Wildman–Crippen MR) is 127 cm³/mol. The highest BCUT2D eigenvalue weighted by Crippen LogP contribution is 2.35. The summed E-state index contributed by atoms with van der Waals surface area (Å²) in [7, 11) is 1.61. The number of carbonyl (C=O) groups excluding carboxylic acids is 3. The van der Waals surface area contributed by atoms with Gasteiger partial charge in [-0.15, -0.1) is 11.3 Å². The molecule has 3 rings (SSSR count). The number of nitrogens with zero attached hydrogens (tertiary/aromatic N) is 1. The summed E-state index contributed by atoms with van der Waals surface area (Å²) < 4.78 is 18.4. The molecule has 0 radical (unpaired) electrons. The van der Waals surface area contributed by atoms with Gasteiger partial charge in [-0.25, -0.2) is 9.18 Å². The van der Waals surface area contributed by atoms with E-state index in [1.807, 2.05) is 30.3 Å². The molecule has 0 unspecified atom stereocenters. The van der Waals surface area contributed by atoms with Gasteiger partial charge < -0.3 is 15.4 Å². The van der Waals surface area contributed by atoms with Gasteiger partial charge >= 0.3 is 5.97 Å². The van der Waals surface area contributed by atoms with E-state index in [9.17, 15) is 18.8 Å². The maximum absolute atomic E-state index is 13.3. The molecule has 0 bridgehead atoms. The maximum Gasteiger partial charge on any atom is 0.350 e. The van der Waals surface area contributed by atoms with Crippen LogP contribution >= 0.6 is 11.3 Å². The lowest BCUT2D eigenvalue weighted by atomic mass is 10.2. The Morgan fingerprint density at radius 1 is 0.970 bits per heavy atom. The van der Waals surface area contributed by atoms with Crippen molar-refractivity contribution >= 4 is 40.5 Å². The first-order chi connectivity index (χ1) is 15.9. The van der Waals surface area contributed by atoms with E-state index in [0.717, 1.165) is 10.4 Å². The van der Waals surface area contributed by atoms with Crippen molar-refractivity contribution in [3.05, 3.63) is 71.4 Å². The number of hydrogen-bond acceptors (Lipinski definition) is 6. The molecule has 9 heteroatoms. The molecule has 0 saturated carbocycles. The summed E-state index contributed by atoms with van der Waals surface area (Å²) in [5.41, 5.74) is 1.61. The summed E-state index contributed by atoms with van der Waals surface area (Å²) in [6.07, 6.45) is 0. The molecule has 7 nitrogen and oxygen atoms in total. The number of thiophene rings is 1. The Kier molecular flexibility index (Phi) is 8.28. The number of anilines is 2. The number of hydrogen-bond donors (Lipinski definition) is 2. The fraction of sp³-hybridized carbons (Fsp3) is 0.208. The smallest absolute Gasteiger partial charge is 0.350 e. The monoisotopic (exact) mass is 469 g/mol. The average Bonchev–Trinajstić information content (AvgIpc) is 3.18. The highest BCUT2D eigenvalue weighted by Gasteiger charge is 2.21. The van der Waals surface area contributed by atoms with Crippen molar-refractivity contribution in [3.8, 4) is 10.4 Å². The van der Waals surface area contributed by atoms with Gasteiger partial charge in [-0.3, -0.25) is 14.5 Å². The number of esters is 1. The lowest BCUT2D eigenvalue weighted by Crippen LogP contribution is -2.36. The van der Waals surface area contributed by atoms with Crippen LogP contribution in [0.3, 0.4) is 0 Å². The molecule has 2 N–H and O–H groups in total. The van der Waals surface area contributed by atoms with Crippen LogP contribution in [-0.2, 0) is 14.3 Å². The zero-order valence-electron chi connectivity index (χ0n) is 18.3. The highest BCUT2D eigenvalue weighted by molar-refractivity contribution is 7.18. The highest BCUT2D eigenvalue weighted by atomic mass is 32.1. The van der Waals surface area contributed by atoms with Gasteiger partial charge in [-0.1, -0.05) is 36.4 Å². The van der Waals surface area contributed by atoms with E-state index >= 15 is 0 Å². The predicted octanol–water partition coefficient (Wildman–Crippen LogP) is 4.24. The van der Waals surface area contributed by atoms with E-state index in [2.05, 4.69) is 10.6 Å². The number of amides is 2. The summed E-state index contributed by atoms with van der Waals surface area (Å²) in [5, 5.41) is 5.33. The van der Waals surface area contributed by atoms with Crippen molar-refractivity contribution in [1.29, 1.82) is 0 Å². The van der Waals surface area contributed by atoms with Crippen LogP contribution in [0.1, 0.15) is 16.6 Å². The van der Waals surface area contributed by atoms with E-state index in [1.165, 1.54) is 34.4 Å². The molecular weight excluding hydrogens is 445 g/mol. The molecule has 2 amide bonds. The molecule has 0 atom stereocenters. The Balaban J connectivity index is 1.64. The first-order valence-electron chi connectivity index (χ1n) is 10.3. The zero-order valence-corrected chi connectivity index (χ0v) is 19.1. The summed E-state index contributed by atoms with van der Waals surface area (Å²) >= 11 is 1.24. The third-order valence-corrected chi connectivity index (χ3v) is 5.62. The Bertz CT molecular complexity index is 1130. The number of nitrogens with one attached hydrogen (secondary N) is 2. The first kappa shape index (κ1) is 24.1. The Morgan fingerprint density at radius 2 is 1.67 bits per heavy atom. The van der Waals surface area contributed by atoms with Crippen molar-refractivity contribution in [2.75, 3.05) is 37.4 Å². The molecular formula is C24H24FN3O4S. The zero-order chi connectivity index (χ0) is 23.8. The third kappa shape index (κ3) is 6.96. The minimum absolute atomic E-state index is 0.0758. The van der Waals surface area contributed by atoms with Gasteiger partial charge in [0.15, 0.2) is 0 Å². The van der Waals surface area contributed by atoms with Gasteiger partial charge in [0.05, 0.1) is 25.4 Å². The third-order valence-electron chi connectivity index (χ3n) is 4.46. The fourth-order valence-electron chi connectivity index (χ4n) is 3.08. The fourth-order valence-corrected chi connectivity index (χ4v) is 4.09. The second kappa shape index (κ2) is 11.3. The molecule has 0 saturated heterocycles. The van der Waals surface area contributed by atoms with Gasteiger partial charge in [-0.05, 0) is 43.8 Å². The molecule has 0 aliphatic heterocycles. The number of rotatable bonds is 9. The van der Waals surface area contributed by atoms with E-state index in [4.69, 9.17) is 4.74 Å². The average molecular weight is 470 g/mol. The van der Waals surface area contributed by atoms with Crippen molar-refractivity contribution < 1.29 is 23.5 Å². The lowest BCUT2D eigenvalue weighted by Gasteiger charge is -2.16. The van der Waals surface area contributed by atoms with Gasteiger partial charge in [0, 0.05) is 10.6 Å². The van der Waals surface area contributed by atoms with Crippen LogP contribution in [0.2, 0.25) is 0 Å². The summed E-state index contributed by atoms with van der Waals surface area (Å²) in [5.74, 6) is -1.74. The van der Waals surface area contributed by atoms with Crippen LogP contribution in [-0.4, -0.2) is 49.4 Å². The van der Waals surface area contributed by atoms with Crippen molar-refractivity contribution in [2.45, 2.75) is 6.92 Å². The number of halogens is 1. The van der Waals surface area contributed by atoms with Crippen molar-refractivity contribution in [1.82, 2.24) is 4.90 Å². The molecule has 172 valence electrons. The summed E-state index contributed by atoms with van der Waals surface area (Å²) in [6, 6.07) is 16.8. The van der Waals surface area contributed by atoms with Gasteiger partial charge in [0.1, 0.15) is 10.7 Å². The minimum Gasteiger partial charge on any atom is -0.462 e. The molecule has 0 aliphatic carbocycles. The lowest BCUT2D eigenvalue weighted by molar-refractivity contribution is -0.119. The molecule has 3 aromatic rings. The summed E-state index contributed by atoms with van der Waals surface area (Å²) in [6.45, 7) is 1.77. The van der Waals surface area contributed by atoms with Crippen LogP contribution in [0.25, 0.3) is 10.4 Å². The largest absolute Gasteiger partial charge is 0.462 e. The Hall–Kier alpha value is -3.56. The molecule has 0 spiro atoms. The van der Waals surface area contributed by atoms with E-state index in [0.29, 0.717) is 16.3 Å². The van der Waals surface area contributed by atoms with Crippen LogP contribution in [0.4, 0.5) is 15.8 Å². The van der Waals surface area contributed by atoms with E-state index in [-0.39, 0.29) is 31.5 Å². The quantitative estimate of drug-likeness (QED) is 0.458. The van der Waals surface area contributed by atoms with E-state index < -0.39 is 11.8 Å². The molecule has 0 aliphatic rings. The topological polar surface area (TPSA) is 87.7 Å². The molecule has 0 fully saturated rings. The standard InChI is InChI=1S/C24H24FN3O4S/c1-3-32-24(31)23-19(13-20(33-23)16-8-5-4-6-9-16)27-22(30)15-28(2)14-21(29)26-18-11-7-10-17(25)12-18/h4-13H,3,14-15H2,1-2H3,(H,26,29)(H,27,30). The second-order valence-corrected chi connectivity index (χ2v) is 8.27. The maximum atomic E-state index is 13.3. The van der Waals surface area contributed by atoms with Crippen molar-refractivity contribution in [2.24, 2.45) is 0 Å². The minimum atomic E-state index is -0.511. The van der Waals surface area contributed by atoms with Crippen LogP contribution in [0.5, 0.6) is 0 Å². The van der Waals surface area contributed by atoms with Gasteiger partial charge in [-0.2, -0.15) is 0 Å². The van der Waals surface area contributed by atoms with E-state index in [1.54, 1.807) is 26.1 Å². The number of carbonyl (C=O) groups is 3. The van der Waals surface area contributed by atoms with Crippen LogP contribution in [0.15, 0.2) is 60.7 Å². The number of likely N-dealkylation sites (N-methyl/N-ethyl adjacent to an activating group) is 1. The van der Waals surface area contributed by atoms with Crippen LogP contribution < -0.4 is 10.6 Å². The van der Waals surface area contributed by atoms with Crippen LogP contribution in [0, 0.1) is 5.82 Å². The molecule has 2 aromatic carbocycles.